The zero-order valence-corrected chi connectivity index (χ0v) is 22.9. The van der Waals surface area contributed by atoms with Crippen molar-refractivity contribution in [2.24, 2.45) is 5.92 Å². The van der Waals surface area contributed by atoms with Gasteiger partial charge in [-0.05, 0) is 45.6 Å². The third kappa shape index (κ3) is 6.99. The van der Waals surface area contributed by atoms with Crippen LogP contribution < -0.4 is 10.6 Å². The van der Waals surface area contributed by atoms with Gasteiger partial charge in [-0.3, -0.25) is 0 Å². The number of amides is 3. The number of aromatic nitrogens is 1. The molecule has 1 aromatic carbocycles. The molecule has 0 radical (unpaired) electrons. The summed E-state index contributed by atoms with van der Waals surface area (Å²) in [6, 6.07) is -2.84. The Morgan fingerprint density at radius 3 is 2.46 bits per heavy atom. The third-order valence-corrected chi connectivity index (χ3v) is 7.11. The Hall–Kier alpha value is -3.23. The number of hydrogen-bond donors (Lipinski definition) is 2. The molecule has 2 aliphatic rings. The van der Waals surface area contributed by atoms with Gasteiger partial charge in [0, 0.05) is 25.5 Å². The molecular weight excluding hydrogens is 562 g/mol. The number of oxazole rings is 1. The summed E-state index contributed by atoms with van der Waals surface area (Å²) in [5, 5.41) is 4.47. The van der Waals surface area contributed by atoms with Crippen LogP contribution in [0.1, 0.15) is 70.0 Å². The maximum atomic E-state index is 15.9. The number of urea groups is 1. The Kier molecular flexibility index (Phi) is 8.40. The number of methoxy groups -OCH3 is 1. The molecule has 1 aliphatic heterocycles. The molecular formula is C26H32F6N4O5. The highest BCUT2D eigenvalue weighted by Crippen LogP contribution is 2.42. The van der Waals surface area contributed by atoms with E-state index in [1.807, 2.05) is 5.32 Å². The van der Waals surface area contributed by atoms with Crippen molar-refractivity contribution in [2.75, 3.05) is 20.3 Å². The number of carbonyl (C=O) groups is 2. The molecule has 1 saturated heterocycles. The second-order valence-electron chi connectivity index (χ2n) is 11.4. The van der Waals surface area contributed by atoms with Crippen LogP contribution in [0.3, 0.4) is 0 Å². The van der Waals surface area contributed by atoms with E-state index in [4.69, 9.17) is 13.9 Å². The highest BCUT2D eigenvalue weighted by molar-refractivity contribution is 5.79. The van der Waals surface area contributed by atoms with Gasteiger partial charge >= 0.3 is 18.3 Å². The fraction of sp³-hybridized carbons (Fsp3) is 0.654. The number of ether oxygens (including phenoxy) is 2. The molecule has 2 N–H and O–H groups in total. The summed E-state index contributed by atoms with van der Waals surface area (Å²) < 4.78 is 99.6. The van der Waals surface area contributed by atoms with Crippen LogP contribution in [-0.4, -0.2) is 66.0 Å². The zero-order valence-electron chi connectivity index (χ0n) is 22.9. The molecule has 0 spiro atoms. The number of nitrogens with zero attached hydrogens (tertiary/aromatic N) is 2. The molecule has 4 rings (SSSR count). The first-order chi connectivity index (χ1) is 19.0. The van der Waals surface area contributed by atoms with Gasteiger partial charge in [0.1, 0.15) is 23.2 Å². The molecule has 1 unspecified atom stereocenters. The molecule has 2 fully saturated rings. The van der Waals surface area contributed by atoms with E-state index in [9.17, 15) is 31.5 Å². The van der Waals surface area contributed by atoms with Gasteiger partial charge in [0.25, 0.3) is 0 Å². The summed E-state index contributed by atoms with van der Waals surface area (Å²) >= 11 is 0. The first kappa shape index (κ1) is 30.7. The van der Waals surface area contributed by atoms with Gasteiger partial charge in [-0.15, -0.1) is 0 Å². The van der Waals surface area contributed by atoms with Gasteiger partial charge in [0.2, 0.25) is 11.8 Å². The average Bonchev–Trinajstić information content (AvgIpc) is 3.45. The molecule has 2 aromatic rings. The van der Waals surface area contributed by atoms with Crippen molar-refractivity contribution in [3.63, 3.8) is 0 Å². The van der Waals surface area contributed by atoms with Crippen molar-refractivity contribution < 1.29 is 49.8 Å². The Morgan fingerprint density at radius 1 is 1.24 bits per heavy atom. The van der Waals surface area contributed by atoms with Gasteiger partial charge in [-0.1, -0.05) is 6.07 Å². The summed E-state index contributed by atoms with van der Waals surface area (Å²) in [4.78, 5) is 30.1. The number of rotatable bonds is 7. The first-order valence-electron chi connectivity index (χ1n) is 13.1. The summed E-state index contributed by atoms with van der Waals surface area (Å²) in [7, 11) is 1.26. The van der Waals surface area contributed by atoms with E-state index >= 15 is 4.39 Å². The SMILES string of the molecule is COC[C@H](c1ccc2oc(C(NC(=O)OC(C)(C)C)C3CCC(F)(F)CC3)nc2c1F)N1C[C@@H](C(F)(F)F)NC1=O. The van der Waals surface area contributed by atoms with Crippen LogP contribution in [0.4, 0.5) is 35.9 Å². The fourth-order valence-electron chi connectivity index (χ4n) is 5.11. The number of alkyl halides is 5. The molecule has 1 aromatic heterocycles. The Morgan fingerprint density at radius 2 is 1.90 bits per heavy atom. The lowest BCUT2D eigenvalue weighted by molar-refractivity contribution is -0.150. The summed E-state index contributed by atoms with van der Waals surface area (Å²) in [5.41, 5.74) is -1.37. The highest BCUT2D eigenvalue weighted by Gasteiger charge is 2.49. The largest absolute Gasteiger partial charge is 0.444 e. The first-order valence-corrected chi connectivity index (χ1v) is 13.1. The van der Waals surface area contributed by atoms with E-state index in [2.05, 4.69) is 10.3 Å². The topological polar surface area (TPSA) is 106 Å². The molecule has 0 bridgehead atoms. The molecule has 1 saturated carbocycles. The second-order valence-corrected chi connectivity index (χ2v) is 11.4. The molecule has 3 amide bonds. The lowest BCUT2D eigenvalue weighted by atomic mass is 9.82. The number of carbonyl (C=O) groups excluding carboxylic acids is 2. The molecule has 41 heavy (non-hydrogen) atoms. The van der Waals surface area contributed by atoms with Crippen molar-refractivity contribution >= 4 is 23.2 Å². The van der Waals surface area contributed by atoms with E-state index in [0.29, 0.717) is 0 Å². The van der Waals surface area contributed by atoms with Crippen molar-refractivity contribution in [3.8, 4) is 0 Å². The minimum Gasteiger partial charge on any atom is -0.444 e. The minimum atomic E-state index is -4.70. The second kappa shape index (κ2) is 11.2. The number of fused-ring (bicyclic) bond motifs is 1. The van der Waals surface area contributed by atoms with E-state index in [-0.39, 0.29) is 42.0 Å². The minimum absolute atomic E-state index is 0.0281. The number of hydrogen-bond acceptors (Lipinski definition) is 6. The van der Waals surface area contributed by atoms with Crippen molar-refractivity contribution in [2.45, 2.75) is 82.3 Å². The van der Waals surface area contributed by atoms with Crippen LogP contribution in [0, 0.1) is 11.7 Å². The van der Waals surface area contributed by atoms with E-state index in [0.717, 1.165) is 4.90 Å². The van der Waals surface area contributed by atoms with Gasteiger partial charge in [0.05, 0.1) is 19.2 Å². The quantitative estimate of drug-likeness (QED) is 0.381. The lowest BCUT2D eigenvalue weighted by Gasteiger charge is -2.33. The van der Waals surface area contributed by atoms with Crippen LogP contribution in [0.15, 0.2) is 16.5 Å². The summed E-state index contributed by atoms with van der Waals surface area (Å²) in [6.45, 7) is 3.86. The van der Waals surface area contributed by atoms with E-state index in [1.165, 1.54) is 19.2 Å². The lowest BCUT2D eigenvalue weighted by Crippen LogP contribution is -2.40. The summed E-state index contributed by atoms with van der Waals surface area (Å²) in [5.74, 6) is -4.48. The Bertz CT molecular complexity index is 1270. The van der Waals surface area contributed by atoms with Crippen LogP contribution >= 0.6 is 0 Å². The Balaban J connectivity index is 1.68. The van der Waals surface area contributed by atoms with Crippen molar-refractivity contribution in [1.82, 2.24) is 20.5 Å². The molecule has 1 aliphatic carbocycles. The number of nitrogens with one attached hydrogen (secondary N) is 2. The van der Waals surface area contributed by atoms with E-state index < -0.39 is 79.1 Å². The maximum absolute atomic E-state index is 15.9. The molecule has 228 valence electrons. The number of halogens is 6. The van der Waals surface area contributed by atoms with Crippen LogP contribution in [-0.2, 0) is 9.47 Å². The molecule has 15 heteroatoms. The third-order valence-electron chi connectivity index (χ3n) is 7.11. The van der Waals surface area contributed by atoms with Crippen molar-refractivity contribution in [1.29, 1.82) is 0 Å². The van der Waals surface area contributed by atoms with Gasteiger partial charge in [0.15, 0.2) is 11.4 Å². The molecule has 3 atom stereocenters. The number of benzene rings is 1. The predicted molar refractivity (Wildman–Crippen MR) is 133 cm³/mol. The van der Waals surface area contributed by atoms with Crippen LogP contribution in [0.2, 0.25) is 0 Å². The summed E-state index contributed by atoms with van der Waals surface area (Å²) in [6.07, 6.45) is -6.33. The van der Waals surface area contributed by atoms with Gasteiger partial charge in [-0.25, -0.2) is 27.7 Å². The smallest absolute Gasteiger partial charge is 0.410 e. The Labute approximate surface area is 231 Å². The van der Waals surface area contributed by atoms with E-state index in [1.54, 1.807) is 20.8 Å². The zero-order chi connectivity index (χ0) is 30.3. The van der Waals surface area contributed by atoms with Crippen molar-refractivity contribution in [3.05, 3.63) is 29.4 Å². The van der Waals surface area contributed by atoms with Gasteiger partial charge in [-0.2, -0.15) is 13.2 Å². The monoisotopic (exact) mass is 594 g/mol. The predicted octanol–water partition coefficient (Wildman–Crippen LogP) is 6.00. The normalized spacial score (nSPS) is 21.6. The number of alkyl carbamates (subject to hydrolysis) is 1. The van der Waals surface area contributed by atoms with Gasteiger partial charge < -0.3 is 29.4 Å². The average molecular weight is 595 g/mol. The van der Waals surface area contributed by atoms with Crippen LogP contribution in [0.5, 0.6) is 0 Å². The molecule has 9 nitrogen and oxygen atoms in total. The highest BCUT2D eigenvalue weighted by atomic mass is 19.4. The maximum Gasteiger partial charge on any atom is 0.410 e. The van der Waals surface area contributed by atoms with Crippen LogP contribution in [0.25, 0.3) is 11.1 Å². The standard InChI is InChI=1S/C26H32F6N4O5/c1-24(2,3)41-23(38)35-19(13-7-9-25(28,29)10-8-13)21-34-20-16(40-21)6-5-14(18(20)27)15(12-39-4)36-11-17(26(30,31)32)33-22(36)37/h5-6,13,15,17,19H,7-12H2,1-4H3,(H,33,37)(H,35,38)/t15-,17+,19?/m1/s1. The molecule has 2 heterocycles. The fourth-order valence-corrected chi connectivity index (χ4v) is 5.11.